The average Bonchev–Trinajstić information content (AvgIpc) is 3.26. The molecule has 0 saturated carbocycles. The second-order valence-corrected chi connectivity index (χ2v) is 11.9. The minimum absolute atomic E-state index is 0.219. The Morgan fingerprint density at radius 2 is 1.71 bits per heavy atom. The van der Waals surface area contributed by atoms with Crippen LogP contribution in [0.15, 0.2) is 86.2 Å². The van der Waals surface area contributed by atoms with Crippen molar-refractivity contribution in [2.45, 2.75) is 40.3 Å². The standard InChI is InChI=1S/C33H31BrN2O5S/c1-6-40-32(38)28-21(4)35-33-36(29(28)24-9-13-26(39-5)14-10-24)31(37)27(42-33)17-23-15-19(2)30(20(3)16-23)41-18-22-7-11-25(34)12-8-22/h7-17,29H,6,18H2,1-5H3/b27-17-/t29-/m0/s1. The van der Waals surface area contributed by atoms with E-state index in [9.17, 15) is 9.59 Å². The van der Waals surface area contributed by atoms with Crippen LogP contribution in [0.3, 0.4) is 0 Å². The smallest absolute Gasteiger partial charge is 0.338 e. The zero-order valence-corrected chi connectivity index (χ0v) is 26.5. The van der Waals surface area contributed by atoms with Gasteiger partial charge in [0.2, 0.25) is 0 Å². The Kier molecular flexibility index (Phi) is 8.80. The molecule has 9 heteroatoms. The highest BCUT2D eigenvalue weighted by Gasteiger charge is 2.33. The molecule has 0 amide bonds. The monoisotopic (exact) mass is 646 g/mol. The summed E-state index contributed by atoms with van der Waals surface area (Å²) in [4.78, 5) is 32.2. The Bertz CT molecular complexity index is 1830. The maximum absolute atomic E-state index is 13.9. The van der Waals surface area contributed by atoms with Crippen LogP contribution in [0.25, 0.3) is 6.08 Å². The molecule has 0 bridgehead atoms. The Hall–Kier alpha value is -3.95. The van der Waals surface area contributed by atoms with Crippen LogP contribution >= 0.6 is 27.3 Å². The first-order valence-corrected chi connectivity index (χ1v) is 15.1. The first-order valence-electron chi connectivity index (χ1n) is 13.5. The minimum atomic E-state index is -0.675. The number of fused-ring (bicyclic) bond motifs is 1. The predicted octanol–water partition coefficient (Wildman–Crippen LogP) is 5.77. The molecule has 0 spiro atoms. The summed E-state index contributed by atoms with van der Waals surface area (Å²) in [5.74, 6) is 1.02. The maximum Gasteiger partial charge on any atom is 0.338 e. The van der Waals surface area contributed by atoms with E-state index in [1.807, 2.05) is 80.6 Å². The minimum Gasteiger partial charge on any atom is -0.497 e. The number of nitrogens with zero attached hydrogens (tertiary/aromatic N) is 2. The Morgan fingerprint density at radius 3 is 2.33 bits per heavy atom. The van der Waals surface area contributed by atoms with Crippen LogP contribution in [0.2, 0.25) is 0 Å². The number of methoxy groups -OCH3 is 1. The van der Waals surface area contributed by atoms with Crippen LogP contribution in [0.5, 0.6) is 11.5 Å². The van der Waals surface area contributed by atoms with E-state index in [0.29, 0.717) is 33.0 Å². The van der Waals surface area contributed by atoms with Crippen molar-refractivity contribution in [1.29, 1.82) is 0 Å². The van der Waals surface area contributed by atoms with Gasteiger partial charge >= 0.3 is 5.97 Å². The molecule has 1 atom stereocenters. The highest BCUT2D eigenvalue weighted by molar-refractivity contribution is 9.10. The van der Waals surface area contributed by atoms with E-state index in [1.165, 1.54) is 11.3 Å². The molecule has 1 aromatic heterocycles. The van der Waals surface area contributed by atoms with Crippen molar-refractivity contribution in [1.82, 2.24) is 4.57 Å². The van der Waals surface area contributed by atoms with Crippen molar-refractivity contribution in [2.75, 3.05) is 13.7 Å². The third-order valence-corrected chi connectivity index (χ3v) is 8.54. The number of esters is 1. The van der Waals surface area contributed by atoms with Crippen molar-refractivity contribution in [3.63, 3.8) is 0 Å². The normalized spacial score (nSPS) is 14.8. The van der Waals surface area contributed by atoms with Gasteiger partial charge in [0, 0.05) is 4.47 Å². The molecule has 4 aromatic rings. The molecule has 2 heterocycles. The number of benzene rings is 3. The van der Waals surface area contributed by atoms with Gasteiger partial charge in [-0.2, -0.15) is 0 Å². The van der Waals surface area contributed by atoms with Gasteiger partial charge in [0.15, 0.2) is 4.80 Å². The lowest BCUT2D eigenvalue weighted by molar-refractivity contribution is -0.139. The quantitative estimate of drug-likeness (QED) is 0.227. The molecule has 0 aliphatic carbocycles. The van der Waals surface area contributed by atoms with Crippen LogP contribution in [-0.4, -0.2) is 24.3 Å². The van der Waals surface area contributed by atoms with Gasteiger partial charge in [-0.3, -0.25) is 9.36 Å². The Labute approximate surface area is 256 Å². The Balaban J connectivity index is 1.54. The van der Waals surface area contributed by atoms with E-state index in [1.54, 1.807) is 25.5 Å². The second-order valence-electron chi connectivity index (χ2n) is 9.97. The van der Waals surface area contributed by atoms with Crippen molar-refractivity contribution in [3.8, 4) is 11.5 Å². The maximum atomic E-state index is 13.9. The first kappa shape index (κ1) is 29.5. The summed E-state index contributed by atoms with van der Waals surface area (Å²) in [6.45, 7) is 8.21. The fourth-order valence-corrected chi connectivity index (χ4v) is 6.39. The number of carbonyl (C=O) groups is 1. The van der Waals surface area contributed by atoms with Gasteiger partial charge in [0.05, 0.1) is 35.6 Å². The third kappa shape index (κ3) is 5.98. The van der Waals surface area contributed by atoms with Crippen molar-refractivity contribution < 1.29 is 19.0 Å². The van der Waals surface area contributed by atoms with Gasteiger partial charge in [-0.05, 0) is 98.0 Å². The number of hydrogen-bond donors (Lipinski definition) is 0. The lowest BCUT2D eigenvalue weighted by Gasteiger charge is -2.24. The predicted molar refractivity (Wildman–Crippen MR) is 168 cm³/mol. The zero-order valence-electron chi connectivity index (χ0n) is 24.1. The summed E-state index contributed by atoms with van der Waals surface area (Å²) in [6, 6.07) is 18.7. The molecule has 1 aliphatic rings. The Morgan fingerprint density at radius 1 is 1.05 bits per heavy atom. The van der Waals surface area contributed by atoms with Crippen LogP contribution in [0.4, 0.5) is 0 Å². The number of carbonyl (C=O) groups excluding carboxylic acids is 1. The molecular formula is C33H31BrN2O5S. The highest BCUT2D eigenvalue weighted by atomic mass is 79.9. The number of ether oxygens (including phenoxy) is 3. The summed E-state index contributed by atoms with van der Waals surface area (Å²) in [5, 5.41) is 0. The van der Waals surface area contributed by atoms with Gasteiger partial charge in [-0.25, -0.2) is 9.79 Å². The second kappa shape index (κ2) is 12.5. The molecule has 1 aliphatic heterocycles. The van der Waals surface area contributed by atoms with E-state index in [2.05, 4.69) is 20.9 Å². The lowest BCUT2D eigenvalue weighted by Crippen LogP contribution is -2.39. The summed E-state index contributed by atoms with van der Waals surface area (Å²) in [7, 11) is 1.59. The molecule has 42 heavy (non-hydrogen) atoms. The number of allylic oxidation sites excluding steroid dienone is 1. The molecule has 0 unspecified atom stereocenters. The van der Waals surface area contributed by atoms with Crippen molar-refractivity contribution in [2.24, 2.45) is 4.99 Å². The van der Waals surface area contributed by atoms with Crippen molar-refractivity contribution >= 4 is 39.3 Å². The third-order valence-electron chi connectivity index (χ3n) is 7.03. The van der Waals surface area contributed by atoms with Gasteiger partial charge in [0.25, 0.3) is 5.56 Å². The van der Waals surface area contributed by atoms with Crippen molar-refractivity contribution in [3.05, 3.63) is 124 Å². The average molecular weight is 648 g/mol. The number of hydrogen-bond acceptors (Lipinski definition) is 7. The molecule has 3 aromatic carbocycles. The van der Waals surface area contributed by atoms with E-state index in [-0.39, 0.29) is 12.2 Å². The van der Waals surface area contributed by atoms with Crippen LogP contribution < -0.4 is 24.4 Å². The summed E-state index contributed by atoms with van der Waals surface area (Å²) < 4.78 is 20.0. The molecular weight excluding hydrogens is 616 g/mol. The van der Waals surface area contributed by atoms with Crippen LogP contribution in [0, 0.1) is 13.8 Å². The highest BCUT2D eigenvalue weighted by Crippen LogP contribution is 2.32. The van der Waals surface area contributed by atoms with Crippen LogP contribution in [-0.2, 0) is 16.1 Å². The van der Waals surface area contributed by atoms with Gasteiger partial charge in [0.1, 0.15) is 18.1 Å². The molecule has 0 saturated heterocycles. The number of thiazole rings is 1. The first-order chi connectivity index (χ1) is 20.2. The molecule has 0 radical (unpaired) electrons. The summed E-state index contributed by atoms with van der Waals surface area (Å²) in [6.07, 6.45) is 1.87. The fourth-order valence-electron chi connectivity index (χ4n) is 5.08. The van der Waals surface area contributed by atoms with E-state index < -0.39 is 12.0 Å². The van der Waals surface area contributed by atoms with Gasteiger partial charge in [-0.1, -0.05) is 51.5 Å². The van der Waals surface area contributed by atoms with Gasteiger partial charge < -0.3 is 14.2 Å². The number of halogens is 1. The lowest BCUT2D eigenvalue weighted by atomic mass is 9.96. The molecule has 0 N–H and O–H groups in total. The SMILES string of the molecule is CCOC(=O)C1=C(C)N=c2s/c(=C\c3cc(C)c(OCc4ccc(Br)cc4)c(C)c3)c(=O)n2[C@H]1c1ccc(OC)cc1. The zero-order chi connectivity index (χ0) is 30.0. The fraction of sp³-hybridized carbons (Fsp3) is 0.242. The van der Waals surface area contributed by atoms with Crippen LogP contribution in [0.1, 0.15) is 47.7 Å². The number of rotatable bonds is 8. The summed E-state index contributed by atoms with van der Waals surface area (Å²) >= 11 is 4.76. The molecule has 5 rings (SSSR count). The van der Waals surface area contributed by atoms with Gasteiger partial charge in [-0.15, -0.1) is 0 Å². The molecule has 216 valence electrons. The van der Waals surface area contributed by atoms with E-state index in [0.717, 1.165) is 38.0 Å². The van der Waals surface area contributed by atoms with E-state index >= 15 is 0 Å². The molecule has 7 nitrogen and oxygen atoms in total. The largest absolute Gasteiger partial charge is 0.497 e. The molecule has 0 fully saturated rings. The summed E-state index contributed by atoms with van der Waals surface area (Å²) in [5.41, 5.74) is 5.32. The van der Waals surface area contributed by atoms with E-state index in [4.69, 9.17) is 14.2 Å². The topological polar surface area (TPSA) is 79.1 Å². The number of aromatic nitrogens is 1. The number of aryl methyl sites for hydroxylation is 2.